The number of carboxylic acids is 1. The SMILES string of the molecule is CC1(C(=O)Nc2ccc(CCC(=O)O)cc2)CCCO1. The van der Waals surface area contributed by atoms with Gasteiger partial charge in [-0.15, -0.1) is 0 Å². The molecule has 1 aliphatic rings. The van der Waals surface area contributed by atoms with E-state index in [1.165, 1.54) is 0 Å². The lowest BCUT2D eigenvalue weighted by atomic mass is 10.0. The van der Waals surface area contributed by atoms with Crippen molar-refractivity contribution < 1.29 is 19.4 Å². The van der Waals surface area contributed by atoms with Crippen LogP contribution in [-0.2, 0) is 20.7 Å². The van der Waals surface area contributed by atoms with Crippen LogP contribution < -0.4 is 5.32 Å². The van der Waals surface area contributed by atoms with Gasteiger partial charge < -0.3 is 15.2 Å². The third kappa shape index (κ3) is 3.57. The average molecular weight is 277 g/mol. The lowest BCUT2D eigenvalue weighted by Gasteiger charge is -2.21. The predicted molar refractivity (Wildman–Crippen MR) is 74.6 cm³/mol. The fourth-order valence-electron chi connectivity index (χ4n) is 2.23. The number of rotatable bonds is 5. The summed E-state index contributed by atoms with van der Waals surface area (Å²) in [5.74, 6) is -0.943. The molecule has 1 saturated heterocycles. The minimum absolute atomic E-state index is 0.109. The molecule has 1 unspecified atom stereocenters. The van der Waals surface area contributed by atoms with E-state index in [0.29, 0.717) is 18.7 Å². The minimum Gasteiger partial charge on any atom is -0.481 e. The third-order valence-corrected chi connectivity index (χ3v) is 3.54. The smallest absolute Gasteiger partial charge is 0.303 e. The summed E-state index contributed by atoms with van der Waals surface area (Å²) in [7, 11) is 0. The molecule has 5 nitrogen and oxygen atoms in total. The van der Waals surface area contributed by atoms with E-state index in [1.54, 1.807) is 19.1 Å². The number of carboxylic acid groups (broad SMARTS) is 1. The first-order valence-electron chi connectivity index (χ1n) is 6.76. The van der Waals surface area contributed by atoms with Crippen LogP contribution in [0, 0.1) is 0 Å². The van der Waals surface area contributed by atoms with E-state index in [4.69, 9.17) is 9.84 Å². The largest absolute Gasteiger partial charge is 0.481 e. The normalized spacial score (nSPS) is 21.6. The van der Waals surface area contributed by atoms with Gasteiger partial charge in [-0.05, 0) is 43.9 Å². The van der Waals surface area contributed by atoms with Gasteiger partial charge in [-0.1, -0.05) is 12.1 Å². The number of amides is 1. The van der Waals surface area contributed by atoms with Crippen LogP contribution in [0.5, 0.6) is 0 Å². The van der Waals surface area contributed by atoms with Gasteiger partial charge in [-0.25, -0.2) is 0 Å². The van der Waals surface area contributed by atoms with Crippen molar-refractivity contribution in [2.75, 3.05) is 11.9 Å². The summed E-state index contributed by atoms with van der Waals surface area (Å²) in [6.07, 6.45) is 2.23. The van der Waals surface area contributed by atoms with Crippen molar-refractivity contribution in [1.82, 2.24) is 0 Å². The molecule has 0 radical (unpaired) electrons. The highest BCUT2D eigenvalue weighted by molar-refractivity contribution is 5.97. The van der Waals surface area contributed by atoms with Crippen LogP contribution in [-0.4, -0.2) is 29.2 Å². The third-order valence-electron chi connectivity index (χ3n) is 3.54. The number of nitrogens with one attached hydrogen (secondary N) is 1. The first-order valence-corrected chi connectivity index (χ1v) is 6.76. The molecule has 2 N–H and O–H groups in total. The van der Waals surface area contributed by atoms with Crippen LogP contribution in [0.2, 0.25) is 0 Å². The number of aryl methyl sites for hydroxylation is 1. The standard InChI is InChI=1S/C15H19NO4/c1-15(9-2-10-20-15)14(19)16-12-6-3-11(4-7-12)5-8-13(17)18/h3-4,6-7H,2,5,8-10H2,1H3,(H,16,19)(H,17,18). The lowest BCUT2D eigenvalue weighted by Crippen LogP contribution is -2.39. The summed E-state index contributed by atoms with van der Waals surface area (Å²) in [5.41, 5.74) is 0.904. The molecule has 108 valence electrons. The van der Waals surface area contributed by atoms with E-state index in [1.807, 2.05) is 12.1 Å². The van der Waals surface area contributed by atoms with Gasteiger partial charge in [0.2, 0.25) is 0 Å². The van der Waals surface area contributed by atoms with Crippen molar-refractivity contribution in [3.63, 3.8) is 0 Å². The van der Waals surface area contributed by atoms with Crippen molar-refractivity contribution in [3.05, 3.63) is 29.8 Å². The molecule has 0 bridgehead atoms. The van der Waals surface area contributed by atoms with Gasteiger partial charge in [-0.3, -0.25) is 9.59 Å². The highest BCUT2D eigenvalue weighted by atomic mass is 16.5. The monoisotopic (exact) mass is 277 g/mol. The number of hydrogen-bond donors (Lipinski definition) is 2. The molecule has 0 spiro atoms. The molecule has 0 aromatic heterocycles. The molecule has 20 heavy (non-hydrogen) atoms. The lowest BCUT2D eigenvalue weighted by molar-refractivity contribution is -0.137. The van der Waals surface area contributed by atoms with Crippen LogP contribution >= 0.6 is 0 Å². The topological polar surface area (TPSA) is 75.6 Å². The number of anilines is 1. The Morgan fingerprint density at radius 1 is 1.35 bits per heavy atom. The summed E-state index contributed by atoms with van der Waals surface area (Å²) in [4.78, 5) is 22.6. The highest BCUT2D eigenvalue weighted by Crippen LogP contribution is 2.26. The van der Waals surface area contributed by atoms with E-state index in [-0.39, 0.29) is 12.3 Å². The quantitative estimate of drug-likeness (QED) is 0.865. The van der Waals surface area contributed by atoms with Crippen molar-refractivity contribution >= 4 is 17.6 Å². The van der Waals surface area contributed by atoms with E-state index < -0.39 is 11.6 Å². The summed E-state index contributed by atoms with van der Waals surface area (Å²) < 4.78 is 5.49. The Bertz CT molecular complexity index is 489. The van der Waals surface area contributed by atoms with Crippen LogP contribution in [0.3, 0.4) is 0 Å². The van der Waals surface area contributed by atoms with Gasteiger partial charge in [-0.2, -0.15) is 0 Å². The highest BCUT2D eigenvalue weighted by Gasteiger charge is 2.37. The molecule has 1 aromatic rings. The predicted octanol–water partition coefficient (Wildman–Crippen LogP) is 2.21. The number of hydrogen-bond acceptors (Lipinski definition) is 3. The second-order valence-corrected chi connectivity index (χ2v) is 5.23. The molecule has 5 heteroatoms. The van der Waals surface area contributed by atoms with Gasteiger partial charge in [0, 0.05) is 18.7 Å². The Balaban J connectivity index is 1.93. The van der Waals surface area contributed by atoms with E-state index in [2.05, 4.69) is 5.32 Å². The zero-order chi connectivity index (χ0) is 14.6. The molecule has 0 saturated carbocycles. The first kappa shape index (κ1) is 14.5. The maximum Gasteiger partial charge on any atom is 0.303 e. The van der Waals surface area contributed by atoms with Gasteiger partial charge >= 0.3 is 5.97 Å². The van der Waals surface area contributed by atoms with Crippen molar-refractivity contribution in [1.29, 1.82) is 0 Å². The van der Waals surface area contributed by atoms with Crippen molar-refractivity contribution in [2.24, 2.45) is 0 Å². The Morgan fingerprint density at radius 3 is 2.60 bits per heavy atom. The summed E-state index contributed by atoms with van der Waals surface area (Å²) >= 11 is 0. The molecular weight excluding hydrogens is 258 g/mol. The molecule has 1 aromatic carbocycles. The second-order valence-electron chi connectivity index (χ2n) is 5.23. The summed E-state index contributed by atoms with van der Waals surface area (Å²) in [6.45, 7) is 2.43. The molecule has 2 rings (SSSR count). The molecule has 1 amide bonds. The minimum atomic E-state index is -0.811. The van der Waals surface area contributed by atoms with Crippen LogP contribution in [0.25, 0.3) is 0 Å². The van der Waals surface area contributed by atoms with Gasteiger partial charge in [0.25, 0.3) is 5.91 Å². The maximum absolute atomic E-state index is 12.1. The van der Waals surface area contributed by atoms with E-state index >= 15 is 0 Å². The van der Waals surface area contributed by atoms with Crippen LogP contribution in [0.1, 0.15) is 31.7 Å². The number of carbonyl (C=O) groups excluding carboxylic acids is 1. The van der Waals surface area contributed by atoms with Crippen LogP contribution in [0.4, 0.5) is 5.69 Å². The van der Waals surface area contributed by atoms with Crippen molar-refractivity contribution in [2.45, 2.75) is 38.2 Å². The molecule has 0 aliphatic carbocycles. The second kappa shape index (κ2) is 6.05. The number of aliphatic carboxylic acids is 1. The number of benzene rings is 1. The number of ether oxygens (including phenoxy) is 1. The van der Waals surface area contributed by atoms with Gasteiger partial charge in [0.15, 0.2) is 0 Å². The fraction of sp³-hybridized carbons (Fsp3) is 0.467. The Hall–Kier alpha value is -1.88. The maximum atomic E-state index is 12.1. The first-order chi connectivity index (χ1) is 9.49. The summed E-state index contributed by atoms with van der Waals surface area (Å²) in [5, 5.41) is 11.5. The molecular formula is C15H19NO4. The molecule has 1 aliphatic heterocycles. The zero-order valence-corrected chi connectivity index (χ0v) is 11.5. The van der Waals surface area contributed by atoms with Gasteiger partial charge in [0.1, 0.15) is 5.60 Å². The van der Waals surface area contributed by atoms with Crippen molar-refractivity contribution in [3.8, 4) is 0 Å². The Kier molecular flexibility index (Phi) is 4.39. The van der Waals surface area contributed by atoms with E-state index in [0.717, 1.165) is 18.4 Å². The van der Waals surface area contributed by atoms with Gasteiger partial charge in [0.05, 0.1) is 0 Å². The fourth-order valence-corrected chi connectivity index (χ4v) is 2.23. The van der Waals surface area contributed by atoms with E-state index in [9.17, 15) is 9.59 Å². The average Bonchev–Trinajstić information content (AvgIpc) is 2.86. The zero-order valence-electron chi connectivity index (χ0n) is 11.5. The molecule has 1 heterocycles. The number of carbonyl (C=O) groups is 2. The Morgan fingerprint density at radius 2 is 2.05 bits per heavy atom. The molecule has 1 atom stereocenters. The van der Waals surface area contributed by atoms with Crippen LogP contribution in [0.15, 0.2) is 24.3 Å². The molecule has 1 fully saturated rings. The summed E-state index contributed by atoms with van der Waals surface area (Å²) in [6, 6.07) is 7.23. The Labute approximate surface area is 117 Å².